The number of benzene rings is 1. The third kappa shape index (κ3) is 3.12. The van der Waals surface area contributed by atoms with Crippen LogP contribution < -0.4 is 20.7 Å². The van der Waals surface area contributed by atoms with Crippen molar-refractivity contribution in [3.05, 3.63) is 29.5 Å². The Balaban J connectivity index is 2.11. The zero-order chi connectivity index (χ0) is 13.7. The molecule has 0 aliphatic carbocycles. The summed E-state index contributed by atoms with van der Waals surface area (Å²) in [5, 5.41) is 4.65. The van der Waals surface area contributed by atoms with Gasteiger partial charge in [-0.3, -0.25) is 0 Å². The molecule has 0 bridgehead atoms. The molecule has 0 aliphatic rings. The van der Waals surface area contributed by atoms with Gasteiger partial charge in [-0.05, 0) is 24.1 Å². The second-order valence-electron chi connectivity index (χ2n) is 3.82. The average Bonchev–Trinajstić information content (AvgIpc) is 2.92. The molecule has 0 unspecified atom stereocenters. The highest BCUT2D eigenvalue weighted by molar-refractivity contribution is 7.10. The van der Waals surface area contributed by atoms with Crippen molar-refractivity contribution in [2.45, 2.75) is 20.0 Å². The van der Waals surface area contributed by atoms with Crippen LogP contribution in [0.15, 0.2) is 18.2 Å². The minimum atomic E-state index is 0.290. The van der Waals surface area contributed by atoms with Gasteiger partial charge in [0.15, 0.2) is 16.5 Å². The first-order valence-electron chi connectivity index (χ1n) is 5.86. The standard InChI is InChI=1S/C12H16N4O2S/c1-3-8-4-5-10(11(6-8)17-2)18-7-9-12(14-13)19-16-15-9/h4-6,14H,3,7,13H2,1-2H3. The third-order valence-corrected chi connectivity index (χ3v) is 3.39. The maximum Gasteiger partial charge on any atom is 0.161 e. The normalized spacial score (nSPS) is 10.3. The Hall–Kier alpha value is -1.86. The van der Waals surface area contributed by atoms with E-state index in [1.807, 2.05) is 18.2 Å². The lowest BCUT2D eigenvalue weighted by Gasteiger charge is -2.11. The summed E-state index contributed by atoms with van der Waals surface area (Å²) in [6.07, 6.45) is 0.952. The minimum Gasteiger partial charge on any atom is -0.493 e. The molecule has 0 spiro atoms. The van der Waals surface area contributed by atoms with Crippen molar-refractivity contribution in [2.75, 3.05) is 12.5 Å². The van der Waals surface area contributed by atoms with Crippen molar-refractivity contribution < 1.29 is 9.47 Å². The molecule has 19 heavy (non-hydrogen) atoms. The van der Waals surface area contributed by atoms with E-state index in [0.29, 0.717) is 22.2 Å². The summed E-state index contributed by atoms with van der Waals surface area (Å²) in [5.41, 5.74) is 4.41. The first-order valence-corrected chi connectivity index (χ1v) is 6.63. The van der Waals surface area contributed by atoms with E-state index in [1.54, 1.807) is 7.11 Å². The zero-order valence-corrected chi connectivity index (χ0v) is 11.7. The molecule has 0 fully saturated rings. The molecule has 6 nitrogen and oxygen atoms in total. The van der Waals surface area contributed by atoms with Crippen molar-refractivity contribution in [2.24, 2.45) is 5.84 Å². The summed E-state index contributed by atoms with van der Waals surface area (Å²) in [4.78, 5) is 0. The zero-order valence-electron chi connectivity index (χ0n) is 10.8. The summed E-state index contributed by atoms with van der Waals surface area (Å²) in [6.45, 7) is 2.38. The number of nitrogens with one attached hydrogen (secondary N) is 1. The SMILES string of the molecule is CCc1ccc(OCc2nnsc2NN)c(OC)c1. The number of methoxy groups -OCH3 is 1. The van der Waals surface area contributed by atoms with Gasteiger partial charge in [-0.1, -0.05) is 17.5 Å². The lowest BCUT2D eigenvalue weighted by Crippen LogP contribution is -2.08. The molecule has 0 amide bonds. The number of nitrogens with zero attached hydrogens (tertiary/aromatic N) is 2. The Bertz CT molecular complexity index is 544. The number of hydrogen-bond acceptors (Lipinski definition) is 7. The van der Waals surface area contributed by atoms with Gasteiger partial charge in [0.25, 0.3) is 0 Å². The quantitative estimate of drug-likeness (QED) is 0.622. The fourth-order valence-electron chi connectivity index (χ4n) is 1.61. The molecule has 1 aromatic heterocycles. The molecule has 2 aromatic rings. The second-order valence-corrected chi connectivity index (χ2v) is 4.57. The number of hydrogen-bond donors (Lipinski definition) is 2. The summed E-state index contributed by atoms with van der Waals surface area (Å²) >= 11 is 1.19. The lowest BCUT2D eigenvalue weighted by molar-refractivity contribution is 0.281. The Kier molecular flexibility index (Phi) is 4.53. The van der Waals surface area contributed by atoms with Crippen LogP contribution in [0, 0.1) is 0 Å². The highest BCUT2D eigenvalue weighted by atomic mass is 32.1. The molecule has 0 radical (unpaired) electrons. The van der Waals surface area contributed by atoms with Gasteiger partial charge in [0.2, 0.25) is 0 Å². The van der Waals surface area contributed by atoms with E-state index < -0.39 is 0 Å². The van der Waals surface area contributed by atoms with Crippen molar-refractivity contribution in [1.29, 1.82) is 0 Å². The van der Waals surface area contributed by atoms with Gasteiger partial charge >= 0.3 is 0 Å². The molecular formula is C12H16N4O2S. The molecule has 0 saturated carbocycles. The summed E-state index contributed by atoms with van der Waals surface area (Å²) < 4.78 is 14.8. The van der Waals surface area contributed by atoms with Gasteiger partial charge < -0.3 is 14.9 Å². The molecule has 3 N–H and O–H groups in total. The van der Waals surface area contributed by atoms with Crippen LogP contribution in [0.5, 0.6) is 11.5 Å². The molecule has 2 rings (SSSR count). The van der Waals surface area contributed by atoms with E-state index in [0.717, 1.165) is 6.42 Å². The molecule has 1 heterocycles. The first-order chi connectivity index (χ1) is 9.28. The van der Waals surface area contributed by atoms with E-state index in [4.69, 9.17) is 15.3 Å². The van der Waals surface area contributed by atoms with Crippen LogP contribution in [0.25, 0.3) is 0 Å². The predicted octanol–water partition coefficient (Wildman–Crippen LogP) is 1.97. The predicted molar refractivity (Wildman–Crippen MR) is 74.4 cm³/mol. The number of hydrazine groups is 1. The van der Waals surface area contributed by atoms with Gasteiger partial charge in [0.05, 0.1) is 7.11 Å². The smallest absolute Gasteiger partial charge is 0.161 e. The molecule has 0 aliphatic heterocycles. The number of ether oxygens (including phenoxy) is 2. The second kappa shape index (κ2) is 6.35. The molecule has 1 aromatic carbocycles. The molecule has 7 heteroatoms. The fourth-order valence-corrected chi connectivity index (χ4v) is 2.09. The summed E-state index contributed by atoms with van der Waals surface area (Å²) in [5.74, 6) is 6.75. The highest BCUT2D eigenvalue weighted by Gasteiger charge is 2.10. The summed E-state index contributed by atoms with van der Waals surface area (Å²) in [7, 11) is 1.62. The van der Waals surface area contributed by atoms with Crippen molar-refractivity contribution in [1.82, 2.24) is 9.59 Å². The van der Waals surface area contributed by atoms with Crippen LogP contribution >= 0.6 is 11.5 Å². The topological polar surface area (TPSA) is 82.3 Å². The van der Waals surface area contributed by atoms with Crippen molar-refractivity contribution in [3.63, 3.8) is 0 Å². The number of aryl methyl sites for hydroxylation is 1. The van der Waals surface area contributed by atoms with Crippen molar-refractivity contribution >= 4 is 16.5 Å². The van der Waals surface area contributed by atoms with E-state index in [-0.39, 0.29) is 6.61 Å². The number of rotatable bonds is 6. The van der Waals surface area contributed by atoms with E-state index in [1.165, 1.54) is 17.1 Å². The van der Waals surface area contributed by atoms with Gasteiger partial charge in [-0.25, -0.2) is 5.84 Å². The first kappa shape index (κ1) is 13.6. The number of aromatic nitrogens is 2. The molecular weight excluding hydrogens is 264 g/mol. The van der Waals surface area contributed by atoms with E-state index in [2.05, 4.69) is 21.9 Å². The van der Waals surface area contributed by atoms with Crippen LogP contribution in [0.4, 0.5) is 5.00 Å². The number of nitrogens with two attached hydrogens (primary N) is 1. The Morgan fingerprint density at radius 1 is 1.37 bits per heavy atom. The van der Waals surface area contributed by atoms with Crippen LogP contribution in [0.3, 0.4) is 0 Å². The van der Waals surface area contributed by atoms with Crippen LogP contribution in [0.1, 0.15) is 18.2 Å². The Labute approximate surface area is 115 Å². The van der Waals surface area contributed by atoms with Gasteiger partial charge in [0, 0.05) is 11.5 Å². The monoisotopic (exact) mass is 280 g/mol. The van der Waals surface area contributed by atoms with Crippen molar-refractivity contribution in [3.8, 4) is 11.5 Å². The maximum atomic E-state index is 5.70. The largest absolute Gasteiger partial charge is 0.493 e. The van der Waals surface area contributed by atoms with E-state index in [9.17, 15) is 0 Å². The van der Waals surface area contributed by atoms with Crippen LogP contribution in [0.2, 0.25) is 0 Å². The molecule has 0 atom stereocenters. The Morgan fingerprint density at radius 2 is 2.21 bits per heavy atom. The van der Waals surface area contributed by atoms with Crippen LogP contribution in [-0.2, 0) is 13.0 Å². The molecule has 0 saturated heterocycles. The minimum absolute atomic E-state index is 0.290. The van der Waals surface area contributed by atoms with Crippen LogP contribution in [-0.4, -0.2) is 16.7 Å². The van der Waals surface area contributed by atoms with Gasteiger partial charge in [-0.15, -0.1) is 5.10 Å². The van der Waals surface area contributed by atoms with Gasteiger partial charge in [0.1, 0.15) is 12.3 Å². The van der Waals surface area contributed by atoms with E-state index >= 15 is 0 Å². The fraction of sp³-hybridized carbons (Fsp3) is 0.333. The third-order valence-electron chi connectivity index (χ3n) is 2.69. The highest BCUT2D eigenvalue weighted by Crippen LogP contribution is 2.29. The molecule has 102 valence electrons. The Morgan fingerprint density at radius 3 is 2.89 bits per heavy atom. The average molecular weight is 280 g/mol. The maximum absolute atomic E-state index is 5.70. The van der Waals surface area contributed by atoms with Gasteiger partial charge in [-0.2, -0.15) is 0 Å². The number of nitrogen functional groups attached to an aromatic ring is 1. The lowest BCUT2D eigenvalue weighted by atomic mass is 10.1. The summed E-state index contributed by atoms with van der Waals surface area (Å²) in [6, 6.07) is 5.88. The number of anilines is 1.